The molecule has 1 rings (SSSR count). The van der Waals surface area contributed by atoms with Crippen LogP contribution < -0.4 is 5.32 Å². The molecule has 0 aliphatic carbocycles. The number of nitrogens with zero attached hydrogens (tertiary/aromatic N) is 2. The maximum absolute atomic E-state index is 11.9. The van der Waals surface area contributed by atoms with Gasteiger partial charge in [-0.3, -0.25) is 14.8 Å². The average molecular weight is 281 g/mol. The molecule has 0 radical (unpaired) electrons. The summed E-state index contributed by atoms with van der Waals surface area (Å²) in [4.78, 5) is 11.9. The number of aromatic nitrogens is 2. The van der Waals surface area contributed by atoms with Crippen molar-refractivity contribution in [2.45, 2.75) is 52.6 Å². The number of nitrogens with one attached hydrogen (secondary N) is 1. The summed E-state index contributed by atoms with van der Waals surface area (Å²) in [5.74, 6) is 0.407. The van der Waals surface area contributed by atoms with E-state index in [-0.39, 0.29) is 17.9 Å². The number of methoxy groups -OCH3 is 1. The Balaban J connectivity index is 2.79. The molecular weight excluding hydrogens is 254 g/mol. The number of carbonyl (C=O) groups excluding carboxylic acids is 1. The zero-order chi connectivity index (χ0) is 15.3. The number of hydrogen-bond donors (Lipinski definition) is 1. The van der Waals surface area contributed by atoms with Gasteiger partial charge in [0.25, 0.3) is 0 Å². The van der Waals surface area contributed by atoms with E-state index < -0.39 is 0 Å². The van der Waals surface area contributed by atoms with Crippen molar-refractivity contribution in [2.75, 3.05) is 7.11 Å². The summed E-state index contributed by atoms with van der Waals surface area (Å²) in [5, 5.41) is 7.80. The summed E-state index contributed by atoms with van der Waals surface area (Å²) in [6, 6.07) is -0.273. The van der Waals surface area contributed by atoms with Gasteiger partial charge in [-0.1, -0.05) is 34.1 Å². The molecule has 1 heterocycles. The molecule has 5 nitrogen and oxygen atoms in total. The minimum Gasteiger partial charge on any atom is -0.468 e. The molecule has 1 aromatic heterocycles. The van der Waals surface area contributed by atoms with Crippen molar-refractivity contribution >= 4 is 5.97 Å². The quantitative estimate of drug-likeness (QED) is 0.779. The fourth-order valence-corrected chi connectivity index (χ4v) is 2.28. The molecule has 0 spiro atoms. The number of rotatable bonds is 7. The molecule has 0 bridgehead atoms. The molecule has 0 saturated carbocycles. The predicted octanol–water partition coefficient (Wildman–Crippen LogP) is 2.22. The molecule has 2 unspecified atom stereocenters. The topological polar surface area (TPSA) is 56.2 Å². The van der Waals surface area contributed by atoms with Crippen LogP contribution in [0.4, 0.5) is 0 Å². The van der Waals surface area contributed by atoms with Gasteiger partial charge in [0.2, 0.25) is 0 Å². The van der Waals surface area contributed by atoms with Gasteiger partial charge < -0.3 is 4.74 Å². The highest BCUT2D eigenvalue weighted by Gasteiger charge is 2.25. The lowest BCUT2D eigenvalue weighted by Gasteiger charge is -2.22. The minimum absolute atomic E-state index is 0.200. The van der Waals surface area contributed by atoms with E-state index in [1.165, 1.54) is 7.11 Å². The second kappa shape index (κ2) is 7.43. The lowest BCUT2D eigenvalue weighted by atomic mass is 9.98. The fraction of sp³-hybridized carbons (Fsp3) is 0.733. The smallest absolute Gasteiger partial charge is 0.323 e. The van der Waals surface area contributed by atoms with E-state index in [1.54, 1.807) is 0 Å². The van der Waals surface area contributed by atoms with Crippen LogP contribution in [0.15, 0.2) is 6.20 Å². The van der Waals surface area contributed by atoms with Gasteiger partial charge in [-0.2, -0.15) is 5.10 Å². The first-order valence-electron chi connectivity index (χ1n) is 7.24. The van der Waals surface area contributed by atoms with E-state index in [4.69, 9.17) is 4.74 Å². The zero-order valence-corrected chi connectivity index (χ0v) is 13.4. The number of esters is 1. The highest BCUT2D eigenvalue weighted by molar-refractivity contribution is 5.75. The van der Waals surface area contributed by atoms with Crippen LogP contribution in [0.1, 0.15) is 51.3 Å². The third-order valence-electron chi connectivity index (χ3n) is 3.66. The monoisotopic (exact) mass is 281 g/mol. The second-order valence-corrected chi connectivity index (χ2v) is 5.64. The maximum Gasteiger partial charge on any atom is 0.323 e. The molecule has 0 amide bonds. The van der Waals surface area contributed by atoms with Crippen LogP contribution in [-0.4, -0.2) is 28.9 Å². The molecule has 0 aliphatic heterocycles. The van der Waals surface area contributed by atoms with Crippen LogP contribution in [0.25, 0.3) is 0 Å². The first-order valence-corrected chi connectivity index (χ1v) is 7.24. The Kier molecular flexibility index (Phi) is 6.20. The summed E-state index contributed by atoms with van der Waals surface area (Å²) >= 11 is 0. The van der Waals surface area contributed by atoms with Crippen molar-refractivity contribution in [3.8, 4) is 0 Å². The van der Waals surface area contributed by atoms with E-state index in [9.17, 15) is 4.79 Å². The van der Waals surface area contributed by atoms with Crippen LogP contribution >= 0.6 is 0 Å². The van der Waals surface area contributed by atoms with Crippen molar-refractivity contribution in [2.24, 2.45) is 13.0 Å². The Morgan fingerprint density at radius 3 is 2.60 bits per heavy atom. The van der Waals surface area contributed by atoms with Gasteiger partial charge in [-0.05, 0) is 11.8 Å². The summed E-state index contributed by atoms with van der Waals surface area (Å²) < 4.78 is 6.71. The van der Waals surface area contributed by atoms with Gasteiger partial charge in [-0.15, -0.1) is 0 Å². The number of hydrogen-bond acceptors (Lipinski definition) is 4. The van der Waals surface area contributed by atoms with Crippen LogP contribution in [-0.2, 0) is 23.1 Å². The minimum atomic E-state index is -0.273. The van der Waals surface area contributed by atoms with Gasteiger partial charge in [0.05, 0.1) is 12.8 Å². The molecule has 0 fully saturated rings. The van der Waals surface area contributed by atoms with E-state index in [0.29, 0.717) is 12.5 Å². The zero-order valence-electron chi connectivity index (χ0n) is 13.4. The summed E-state index contributed by atoms with van der Waals surface area (Å²) in [6.07, 6.45) is 2.93. The fourth-order valence-electron chi connectivity index (χ4n) is 2.28. The van der Waals surface area contributed by atoms with Crippen LogP contribution in [0, 0.1) is 5.92 Å². The van der Waals surface area contributed by atoms with Crippen LogP contribution in [0.3, 0.4) is 0 Å². The van der Waals surface area contributed by atoms with Crippen molar-refractivity contribution in [1.29, 1.82) is 0 Å². The van der Waals surface area contributed by atoms with Crippen molar-refractivity contribution < 1.29 is 9.53 Å². The first-order chi connectivity index (χ1) is 9.40. The third-order valence-corrected chi connectivity index (χ3v) is 3.66. The Hall–Kier alpha value is -1.36. The van der Waals surface area contributed by atoms with E-state index in [0.717, 1.165) is 17.7 Å². The second-order valence-electron chi connectivity index (χ2n) is 5.64. The van der Waals surface area contributed by atoms with E-state index >= 15 is 0 Å². The molecule has 0 aromatic carbocycles. The summed E-state index contributed by atoms with van der Waals surface area (Å²) in [7, 11) is 3.35. The molecule has 0 saturated heterocycles. The highest BCUT2D eigenvalue weighted by atomic mass is 16.5. The number of carbonyl (C=O) groups is 1. The van der Waals surface area contributed by atoms with Gasteiger partial charge >= 0.3 is 5.97 Å². The molecule has 1 N–H and O–H groups in total. The average Bonchev–Trinajstić information content (AvgIpc) is 2.79. The highest BCUT2D eigenvalue weighted by Crippen LogP contribution is 2.18. The Labute approximate surface area is 121 Å². The van der Waals surface area contributed by atoms with E-state index in [2.05, 4.69) is 38.1 Å². The maximum atomic E-state index is 11.9. The number of ether oxygens (including phenoxy) is 1. The SMILES string of the molecule is CCC(C)C(NCc1cn(C)nc1C(C)C)C(=O)OC. The predicted molar refractivity (Wildman–Crippen MR) is 79.4 cm³/mol. The molecule has 20 heavy (non-hydrogen) atoms. The van der Waals surface area contributed by atoms with Gasteiger partial charge in [0.15, 0.2) is 0 Å². The van der Waals surface area contributed by atoms with Crippen molar-refractivity contribution in [1.82, 2.24) is 15.1 Å². The number of aryl methyl sites for hydroxylation is 1. The van der Waals surface area contributed by atoms with Gasteiger partial charge in [0, 0.05) is 25.4 Å². The lowest BCUT2D eigenvalue weighted by molar-refractivity contribution is -0.144. The summed E-state index contributed by atoms with van der Waals surface area (Å²) in [5.41, 5.74) is 2.22. The Bertz CT molecular complexity index is 440. The Morgan fingerprint density at radius 1 is 1.45 bits per heavy atom. The van der Waals surface area contributed by atoms with Gasteiger partial charge in [0.1, 0.15) is 6.04 Å². The Morgan fingerprint density at radius 2 is 2.10 bits per heavy atom. The van der Waals surface area contributed by atoms with Crippen molar-refractivity contribution in [3.63, 3.8) is 0 Å². The third kappa shape index (κ3) is 4.07. The largest absolute Gasteiger partial charge is 0.468 e. The standard InChI is InChI=1S/C15H27N3O2/c1-7-11(4)14(15(19)20-6)16-8-12-9-18(5)17-13(12)10(2)3/h9-11,14,16H,7-8H2,1-6H3. The first kappa shape index (κ1) is 16.7. The van der Waals surface area contributed by atoms with Crippen LogP contribution in [0.2, 0.25) is 0 Å². The van der Waals surface area contributed by atoms with E-state index in [1.807, 2.05) is 17.9 Å². The molecule has 0 aliphatic rings. The lowest BCUT2D eigenvalue weighted by Crippen LogP contribution is -2.42. The van der Waals surface area contributed by atoms with Gasteiger partial charge in [-0.25, -0.2) is 0 Å². The summed E-state index contributed by atoms with van der Waals surface area (Å²) in [6.45, 7) is 9.01. The molecule has 1 aromatic rings. The normalized spacial score (nSPS) is 14.3. The molecule has 5 heteroatoms. The molecule has 114 valence electrons. The molecular formula is C15H27N3O2. The van der Waals surface area contributed by atoms with Crippen molar-refractivity contribution in [3.05, 3.63) is 17.5 Å². The van der Waals surface area contributed by atoms with Crippen LogP contribution in [0.5, 0.6) is 0 Å². The molecule has 2 atom stereocenters.